The van der Waals surface area contributed by atoms with Crippen molar-refractivity contribution in [3.05, 3.63) is 34.4 Å². The molecule has 1 saturated heterocycles. The molecule has 22 heavy (non-hydrogen) atoms. The van der Waals surface area contributed by atoms with Crippen LogP contribution in [0.4, 0.5) is 11.4 Å². The smallest absolute Gasteiger partial charge is 0.292 e. The van der Waals surface area contributed by atoms with Crippen LogP contribution >= 0.6 is 12.4 Å². The second kappa shape index (κ2) is 8.55. The number of rotatable bonds is 6. The van der Waals surface area contributed by atoms with Gasteiger partial charge in [0.05, 0.1) is 11.5 Å². The predicted molar refractivity (Wildman–Crippen MR) is 87.5 cm³/mol. The fraction of sp³-hybridized carbons (Fsp3) is 0.500. The molecule has 1 fully saturated rings. The largest absolute Gasteiger partial charge is 0.371 e. The molecule has 1 atom stereocenters. The Labute approximate surface area is 135 Å². The zero-order valence-corrected chi connectivity index (χ0v) is 13.3. The molecule has 7 nitrogen and oxygen atoms in total. The molecule has 1 aromatic carbocycles. The number of likely N-dealkylation sites (tertiary alicyclic amines) is 1. The Morgan fingerprint density at radius 1 is 1.45 bits per heavy atom. The van der Waals surface area contributed by atoms with Crippen LogP contribution in [0.25, 0.3) is 0 Å². The molecule has 1 aliphatic heterocycles. The molecule has 1 amide bonds. The Hall–Kier alpha value is -1.86. The second-order valence-corrected chi connectivity index (χ2v) is 5.07. The first kappa shape index (κ1) is 18.2. The van der Waals surface area contributed by atoms with Gasteiger partial charge in [-0.2, -0.15) is 0 Å². The zero-order chi connectivity index (χ0) is 15.2. The van der Waals surface area contributed by atoms with Crippen molar-refractivity contribution in [2.75, 3.05) is 32.0 Å². The summed E-state index contributed by atoms with van der Waals surface area (Å²) in [7, 11) is 1.87. The number of nitrogens with zero attached hydrogens (tertiary/aromatic N) is 2. The van der Waals surface area contributed by atoms with Crippen molar-refractivity contribution >= 4 is 29.7 Å². The van der Waals surface area contributed by atoms with Gasteiger partial charge in [0.25, 0.3) is 5.69 Å². The number of hydrogen-bond acceptors (Lipinski definition) is 5. The number of nitro groups is 1. The Morgan fingerprint density at radius 3 is 2.86 bits per heavy atom. The quantitative estimate of drug-likeness (QED) is 0.612. The summed E-state index contributed by atoms with van der Waals surface area (Å²) in [5.74, 6) is -0.0223. The van der Waals surface area contributed by atoms with E-state index in [2.05, 4.69) is 10.6 Å². The van der Waals surface area contributed by atoms with Gasteiger partial charge in [0, 0.05) is 25.2 Å². The van der Waals surface area contributed by atoms with Gasteiger partial charge in [-0.25, -0.2) is 0 Å². The molecule has 0 radical (unpaired) electrons. The Balaban J connectivity index is 0.00000242. The second-order valence-electron chi connectivity index (χ2n) is 5.07. The van der Waals surface area contributed by atoms with Gasteiger partial charge < -0.3 is 15.5 Å². The molecule has 1 unspecified atom stereocenters. The molecule has 0 bridgehead atoms. The van der Waals surface area contributed by atoms with E-state index in [-0.39, 0.29) is 36.6 Å². The summed E-state index contributed by atoms with van der Waals surface area (Å²) in [5.41, 5.74) is 0.360. The van der Waals surface area contributed by atoms with Crippen LogP contribution in [-0.2, 0) is 4.79 Å². The summed E-state index contributed by atoms with van der Waals surface area (Å²) in [6, 6.07) is 6.57. The summed E-state index contributed by atoms with van der Waals surface area (Å²) in [5, 5.41) is 16.9. The first-order chi connectivity index (χ1) is 10.1. The van der Waals surface area contributed by atoms with E-state index in [0.717, 1.165) is 25.9 Å². The highest BCUT2D eigenvalue weighted by Crippen LogP contribution is 2.23. The SMILES string of the molecule is CNCC1CCCN1C(=O)CNc1ccccc1[N+](=O)[O-].Cl. The molecule has 2 rings (SSSR count). The van der Waals surface area contributed by atoms with E-state index in [9.17, 15) is 14.9 Å². The molecule has 1 heterocycles. The molecule has 1 aromatic rings. The number of likely N-dealkylation sites (N-methyl/N-ethyl adjacent to an activating group) is 1. The van der Waals surface area contributed by atoms with E-state index in [1.807, 2.05) is 11.9 Å². The average molecular weight is 329 g/mol. The monoisotopic (exact) mass is 328 g/mol. The van der Waals surface area contributed by atoms with Gasteiger partial charge in [-0.3, -0.25) is 14.9 Å². The first-order valence-electron chi connectivity index (χ1n) is 7.05. The number of nitrogens with one attached hydrogen (secondary N) is 2. The number of benzene rings is 1. The van der Waals surface area contributed by atoms with Crippen LogP contribution in [0.15, 0.2) is 24.3 Å². The number of carbonyl (C=O) groups excluding carboxylic acids is 1. The number of hydrogen-bond donors (Lipinski definition) is 2. The topological polar surface area (TPSA) is 87.5 Å². The highest BCUT2D eigenvalue weighted by atomic mass is 35.5. The van der Waals surface area contributed by atoms with Crippen LogP contribution < -0.4 is 10.6 Å². The van der Waals surface area contributed by atoms with E-state index >= 15 is 0 Å². The number of para-hydroxylation sites is 2. The summed E-state index contributed by atoms with van der Waals surface area (Å²) >= 11 is 0. The number of amides is 1. The van der Waals surface area contributed by atoms with Crippen LogP contribution in [-0.4, -0.2) is 48.5 Å². The van der Waals surface area contributed by atoms with Crippen molar-refractivity contribution < 1.29 is 9.72 Å². The van der Waals surface area contributed by atoms with Crippen molar-refractivity contribution in [3.63, 3.8) is 0 Å². The maximum atomic E-state index is 12.3. The van der Waals surface area contributed by atoms with E-state index in [1.54, 1.807) is 18.2 Å². The van der Waals surface area contributed by atoms with E-state index in [1.165, 1.54) is 6.07 Å². The van der Waals surface area contributed by atoms with Crippen molar-refractivity contribution in [3.8, 4) is 0 Å². The maximum absolute atomic E-state index is 12.3. The van der Waals surface area contributed by atoms with Crippen molar-refractivity contribution in [2.45, 2.75) is 18.9 Å². The summed E-state index contributed by atoms with van der Waals surface area (Å²) < 4.78 is 0. The summed E-state index contributed by atoms with van der Waals surface area (Å²) in [4.78, 5) is 24.6. The van der Waals surface area contributed by atoms with Gasteiger partial charge >= 0.3 is 0 Å². The van der Waals surface area contributed by atoms with E-state index in [0.29, 0.717) is 5.69 Å². The molecule has 8 heteroatoms. The minimum Gasteiger partial charge on any atom is -0.371 e. The normalized spacial score (nSPS) is 17.0. The van der Waals surface area contributed by atoms with Crippen LogP contribution in [0.5, 0.6) is 0 Å². The van der Waals surface area contributed by atoms with Crippen LogP contribution in [0.3, 0.4) is 0 Å². The number of anilines is 1. The standard InChI is InChI=1S/C14H20N4O3.ClH/c1-15-9-11-5-4-8-17(11)14(19)10-16-12-6-2-3-7-13(12)18(20)21;/h2-3,6-7,11,15-16H,4-5,8-10H2,1H3;1H. The number of nitro benzene ring substituents is 1. The molecule has 2 N–H and O–H groups in total. The predicted octanol–water partition coefficient (Wildman–Crippen LogP) is 1.64. The molecular formula is C14H21ClN4O3. The zero-order valence-electron chi connectivity index (χ0n) is 12.4. The Morgan fingerprint density at radius 2 is 2.18 bits per heavy atom. The average Bonchev–Trinajstić information content (AvgIpc) is 2.93. The highest BCUT2D eigenvalue weighted by Gasteiger charge is 2.28. The third-order valence-electron chi connectivity index (χ3n) is 3.67. The molecule has 0 saturated carbocycles. The third-order valence-corrected chi connectivity index (χ3v) is 3.67. The summed E-state index contributed by atoms with van der Waals surface area (Å²) in [6.07, 6.45) is 2.00. The fourth-order valence-electron chi connectivity index (χ4n) is 2.67. The summed E-state index contributed by atoms with van der Waals surface area (Å²) in [6.45, 7) is 1.60. The van der Waals surface area contributed by atoms with Crippen LogP contribution in [0.2, 0.25) is 0 Å². The van der Waals surface area contributed by atoms with Crippen molar-refractivity contribution in [2.24, 2.45) is 0 Å². The van der Waals surface area contributed by atoms with Gasteiger partial charge in [-0.15, -0.1) is 12.4 Å². The molecule has 0 aliphatic carbocycles. The third kappa shape index (κ3) is 4.32. The van der Waals surface area contributed by atoms with E-state index < -0.39 is 4.92 Å². The van der Waals surface area contributed by atoms with Crippen LogP contribution in [0.1, 0.15) is 12.8 Å². The minimum atomic E-state index is -0.452. The Bertz CT molecular complexity index is 527. The lowest BCUT2D eigenvalue weighted by atomic mass is 10.2. The van der Waals surface area contributed by atoms with Gasteiger partial charge in [0.2, 0.25) is 5.91 Å². The molecular weight excluding hydrogens is 308 g/mol. The highest BCUT2D eigenvalue weighted by molar-refractivity contribution is 5.85. The molecule has 0 aromatic heterocycles. The Kier molecular flexibility index (Phi) is 7.07. The van der Waals surface area contributed by atoms with E-state index in [4.69, 9.17) is 0 Å². The van der Waals surface area contributed by atoms with Gasteiger partial charge in [0.1, 0.15) is 5.69 Å². The lowest BCUT2D eigenvalue weighted by Crippen LogP contribution is -2.43. The van der Waals surface area contributed by atoms with Gasteiger partial charge in [-0.1, -0.05) is 12.1 Å². The number of carbonyl (C=O) groups is 1. The lowest BCUT2D eigenvalue weighted by molar-refractivity contribution is -0.383. The van der Waals surface area contributed by atoms with Crippen molar-refractivity contribution in [1.82, 2.24) is 10.2 Å². The van der Waals surface area contributed by atoms with Gasteiger partial charge in [0.15, 0.2) is 0 Å². The fourth-order valence-corrected chi connectivity index (χ4v) is 2.67. The first-order valence-corrected chi connectivity index (χ1v) is 7.05. The van der Waals surface area contributed by atoms with Crippen LogP contribution in [0, 0.1) is 10.1 Å². The van der Waals surface area contributed by atoms with Gasteiger partial charge in [-0.05, 0) is 26.0 Å². The minimum absolute atomic E-state index is 0. The van der Waals surface area contributed by atoms with Crippen molar-refractivity contribution in [1.29, 1.82) is 0 Å². The molecule has 1 aliphatic rings. The molecule has 0 spiro atoms. The molecule has 122 valence electrons. The number of halogens is 1. The lowest BCUT2D eigenvalue weighted by Gasteiger charge is -2.24. The maximum Gasteiger partial charge on any atom is 0.292 e.